The molecule has 0 aliphatic heterocycles. The molecule has 0 radical (unpaired) electrons. The number of halogens is 1. The molecule has 0 aliphatic carbocycles. The molecule has 0 heterocycles. The molecule has 0 bridgehead atoms. The van der Waals surface area contributed by atoms with Crippen LogP contribution in [-0.2, 0) is 9.53 Å². The van der Waals surface area contributed by atoms with Gasteiger partial charge in [-0.2, -0.15) is 0 Å². The number of methoxy groups -OCH3 is 1. The van der Waals surface area contributed by atoms with E-state index in [2.05, 4.69) is 26.0 Å². The highest BCUT2D eigenvalue weighted by Crippen LogP contribution is 2.16. The Hall–Kier alpha value is -1.36. The number of nitrogens with one attached hydrogen (secondary N) is 1. The first-order valence-corrected chi connectivity index (χ1v) is 5.41. The van der Waals surface area contributed by atoms with Gasteiger partial charge in [-0.15, -0.1) is 0 Å². The van der Waals surface area contributed by atoms with Crippen molar-refractivity contribution in [1.29, 1.82) is 0 Å². The Morgan fingerprint density at radius 2 is 1.88 bits per heavy atom. The van der Waals surface area contributed by atoms with Crippen LogP contribution >= 0.6 is 15.9 Å². The normalized spacial score (nSPS) is 13.7. The summed E-state index contributed by atoms with van der Waals surface area (Å²) in [6, 6.07) is 8.63. The molecule has 0 unspecified atom stereocenters. The Morgan fingerprint density at radius 1 is 1.31 bits per heavy atom. The molecule has 5 heteroatoms. The van der Waals surface area contributed by atoms with E-state index < -0.39 is 10.4 Å². The summed E-state index contributed by atoms with van der Waals surface area (Å²) in [5.41, 5.74) is 0.483. The smallest absolute Gasteiger partial charge is 0.342 e. The molecule has 1 rings (SSSR count). The average Bonchev–Trinajstić information content (AvgIpc) is 2.28. The van der Waals surface area contributed by atoms with Gasteiger partial charge in [-0.05, 0) is 35.0 Å². The van der Waals surface area contributed by atoms with Crippen molar-refractivity contribution < 1.29 is 14.3 Å². The van der Waals surface area contributed by atoms with E-state index >= 15 is 0 Å². The largest absolute Gasteiger partial charge is 0.467 e. The monoisotopic (exact) mass is 285 g/mol. The summed E-state index contributed by atoms with van der Waals surface area (Å²) in [6.07, 6.45) is 0. The quantitative estimate of drug-likeness (QED) is 0.523. The molecule has 1 amide bonds. The van der Waals surface area contributed by atoms with Crippen molar-refractivity contribution in [2.45, 2.75) is 11.4 Å². The SMILES string of the molecule is COC(=O)[C@@](C)(Br)NC(=O)c1ccccc1. The van der Waals surface area contributed by atoms with Gasteiger partial charge >= 0.3 is 5.97 Å². The molecule has 0 fully saturated rings. The Labute approximate surface area is 102 Å². The van der Waals surface area contributed by atoms with Gasteiger partial charge in [-0.25, -0.2) is 4.79 Å². The molecule has 0 spiro atoms. The number of benzene rings is 1. The van der Waals surface area contributed by atoms with Crippen LogP contribution in [0.25, 0.3) is 0 Å². The molecule has 1 aromatic carbocycles. The fraction of sp³-hybridized carbons (Fsp3) is 0.273. The third-order valence-corrected chi connectivity index (χ3v) is 2.47. The summed E-state index contributed by atoms with van der Waals surface area (Å²) in [7, 11) is 1.26. The molecule has 16 heavy (non-hydrogen) atoms. The van der Waals surface area contributed by atoms with Crippen molar-refractivity contribution in [2.75, 3.05) is 7.11 Å². The number of carbonyl (C=O) groups excluding carboxylic acids is 2. The molecule has 0 saturated carbocycles. The predicted molar refractivity (Wildman–Crippen MR) is 63.3 cm³/mol. The first-order valence-electron chi connectivity index (χ1n) is 4.62. The predicted octanol–water partition coefficient (Wildman–Crippen LogP) is 1.70. The summed E-state index contributed by atoms with van der Waals surface area (Å²) in [6.45, 7) is 1.51. The highest BCUT2D eigenvalue weighted by Gasteiger charge is 2.33. The fourth-order valence-electron chi connectivity index (χ4n) is 1.12. The standard InChI is InChI=1S/C11H12BrNO3/c1-11(12,10(15)16-2)13-9(14)8-6-4-3-5-7-8/h3-7H,1-2H3,(H,13,14)/t11-/m0/s1. The van der Waals surface area contributed by atoms with Crippen LogP contribution in [0.5, 0.6) is 0 Å². The number of rotatable bonds is 3. The Bertz CT molecular complexity index is 389. The lowest BCUT2D eigenvalue weighted by atomic mass is 10.2. The van der Waals surface area contributed by atoms with Crippen LogP contribution in [0.4, 0.5) is 0 Å². The van der Waals surface area contributed by atoms with Crippen molar-refractivity contribution in [3.8, 4) is 0 Å². The third-order valence-electron chi connectivity index (χ3n) is 1.95. The fourth-order valence-corrected chi connectivity index (χ4v) is 1.46. The molecule has 86 valence electrons. The van der Waals surface area contributed by atoms with Gasteiger partial charge in [-0.3, -0.25) is 4.79 Å². The molecule has 0 aliphatic rings. The second-order valence-electron chi connectivity index (χ2n) is 3.31. The second kappa shape index (κ2) is 5.12. The first kappa shape index (κ1) is 12.7. The van der Waals surface area contributed by atoms with E-state index in [1.54, 1.807) is 24.3 Å². The zero-order valence-corrected chi connectivity index (χ0v) is 10.6. The molecule has 1 atom stereocenters. The number of carbonyl (C=O) groups is 2. The minimum absolute atomic E-state index is 0.342. The maximum Gasteiger partial charge on any atom is 0.342 e. The van der Waals surface area contributed by atoms with Crippen LogP contribution < -0.4 is 5.32 Å². The lowest BCUT2D eigenvalue weighted by Crippen LogP contribution is -2.47. The van der Waals surface area contributed by atoms with Gasteiger partial charge in [0, 0.05) is 5.56 Å². The van der Waals surface area contributed by atoms with Gasteiger partial charge in [0.2, 0.25) is 0 Å². The zero-order valence-electron chi connectivity index (χ0n) is 8.99. The summed E-state index contributed by atoms with van der Waals surface area (Å²) in [5, 5.41) is 2.53. The van der Waals surface area contributed by atoms with E-state index in [1.807, 2.05) is 6.07 Å². The summed E-state index contributed by atoms with van der Waals surface area (Å²) < 4.78 is 3.34. The average molecular weight is 286 g/mol. The van der Waals surface area contributed by atoms with E-state index in [1.165, 1.54) is 14.0 Å². The summed E-state index contributed by atoms with van der Waals surface area (Å²) in [4.78, 5) is 23.0. The van der Waals surface area contributed by atoms with Crippen LogP contribution in [0.3, 0.4) is 0 Å². The lowest BCUT2D eigenvalue weighted by Gasteiger charge is -2.20. The van der Waals surface area contributed by atoms with Gasteiger partial charge in [0.15, 0.2) is 4.45 Å². The minimum atomic E-state index is -1.21. The van der Waals surface area contributed by atoms with E-state index in [0.717, 1.165) is 0 Å². The third kappa shape index (κ3) is 3.06. The first-order chi connectivity index (χ1) is 7.47. The molecule has 1 N–H and O–H groups in total. The maximum atomic E-state index is 11.7. The van der Waals surface area contributed by atoms with Crippen molar-refractivity contribution in [3.63, 3.8) is 0 Å². The zero-order chi connectivity index (χ0) is 12.2. The Kier molecular flexibility index (Phi) is 4.06. The summed E-state index contributed by atoms with van der Waals surface area (Å²) in [5.74, 6) is -0.901. The highest BCUT2D eigenvalue weighted by molar-refractivity contribution is 9.10. The van der Waals surface area contributed by atoms with E-state index in [4.69, 9.17) is 0 Å². The van der Waals surface area contributed by atoms with Crippen LogP contribution in [0, 0.1) is 0 Å². The number of hydrogen-bond acceptors (Lipinski definition) is 3. The van der Waals surface area contributed by atoms with Crippen molar-refractivity contribution >= 4 is 27.8 Å². The van der Waals surface area contributed by atoms with Gasteiger partial charge in [0.05, 0.1) is 7.11 Å². The molecule has 0 saturated heterocycles. The minimum Gasteiger partial charge on any atom is -0.467 e. The molecule has 1 aromatic rings. The van der Waals surface area contributed by atoms with Gasteiger partial charge in [0.1, 0.15) is 0 Å². The van der Waals surface area contributed by atoms with Crippen molar-refractivity contribution in [1.82, 2.24) is 5.32 Å². The Balaban J connectivity index is 2.76. The van der Waals surface area contributed by atoms with E-state index in [-0.39, 0.29) is 5.91 Å². The number of esters is 1. The number of alkyl halides is 1. The Morgan fingerprint density at radius 3 is 2.38 bits per heavy atom. The topological polar surface area (TPSA) is 55.4 Å². The number of ether oxygens (including phenoxy) is 1. The van der Waals surface area contributed by atoms with Gasteiger partial charge < -0.3 is 10.1 Å². The number of hydrogen-bond donors (Lipinski definition) is 1. The van der Waals surface area contributed by atoms with E-state index in [9.17, 15) is 9.59 Å². The molecular weight excluding hydrogens is 274 g/mol. The molecular formula is C11H12BrNO3. The van der Waals surface area contributed by atoms with Crippen LogP contribution in [0.1, 0.15) is 17.3 Å². The lowest BCUT2D eigenvalue weighted by molar-refractivity contribution is -0.143. The maximum absolute atomic E-state index is 11.7. The van der Waals surface area contributed by atoms with Crippen LogP contribution in [-0.4, -0.2) is 23.4 Å². The van der Waals surface area contributed by atoms with Crippen LogP contribution in [0.2, 0.25) is 0 Å². The van der Waals surface area contributed by atoms with E-state index in [0.29, 0.717) is 5.56 Å². The van der Waals surface area contributed by atoms with Crippen molar-refractivity contribution in [3.05, 3.63) is 35.9 Å². The molecule has 0 aromatic heterocycles. The summed E-state index contributed by atoms with van der Waals surface area (Å²) >= 11 is 3.10. The second-order valence-corrected chi connectivity index (χ2v) is 4.90. The van der Waals surface area contributed by atoms with Gasteiger partial charge in [0.25, 0.3) is 5.91 Å². The van der Waals surface area contributed by atoms with Gasteiger partial charge in [-0.1, -0.05) is 18.2 Å². The van der Waals surface area contributed by atoms with Crippen LogP contribution in [0.15, 0.2) is 30.3 Å². The number of amides is 1. The highest BCUT2D eigenvalue weighted by atomic mass is 79.9. The molecule has 4 nitrogen and oxygen atoms in total. The van der Waals surface area contributed by atoms with Crippen molar-refractivity contribution in [2.24, 2.45) is 0 Å².